The molecule has 57 valence electrons. The molecule has 0 saturated heterocycles. The quantitative estimate of drug-likeness (QED) is 0.495. The van der Waals surface area contributed by atoms with Crippen LogP contribution in [0.1, 0.15) is 13.8 Å². The summed E-state index contributed by atoms with van der Waals surface area (Å²) in [7, 11) is 0. The van der Waals surface area contributed by atoms with Gasteiger partial charge in [-0.3, -0.25) is 0 Å². The Kier molecular flexibility index (Phi) is 4.91. The molecule has 0 bridgehead atoms. The van der Waals surface area contributed by atoms with Crippen LogP contribution in [0.15, 0.2) is 0 Å². The molecule has 1 rings (SSSR count). The molecule has 0 aliphatic heterocycles. The maximum atomic E-state index is 4.80. The van der Waals surface area contributed by atoms with Crippen molar-refractivity contribution in [1.82, 2.24) is 20.3 Å². The van der Waals surface area contributed by atoms with E-state index in [9.17, 15) is 0 Å². The van der Waals surface area contributed by atoms with E-state index in [1.165, 1.54) is 4.79 Å². The minimum atomic E-state index is 0. The average Bonchev–Trinajstić information content (AvgIpc) is 2.15. The van der Waals surface area contributed by atoms with Gasteiger partial charge in [0.05, 0.1) is 0 Å². The summed E-state index contributed by atoms with van der Waals surface area (Å²) in [5.41, 5.74) is 2.98. The van der Waals surface area contributed by atoms with Gasteiger partial charge in [0.1, 0.15) is 0 Å². The first kappa shape index (κ1) is 11.1. The third kappa shape index (κ3) is 3.33. The summed E-state index contributed by atoms with van der Waals surface area (Å²) in [6, 6.07) is 0.314. The van der Waals surface area contributed by atoms with E-state index < -0.39 is 0 Å². The van der Waals surface area contributed by atoms with Crippen LogP contribution >= 0.6 is 12.2 Å². The molecule has 1 radical (unpaired) electrons. The van der Waals surface area contributed by atoms with Gasteiger partial charge in [0.2, 0.25) is 0 Å². The number of aromatic nitrogens is 4. The van der Waals surface area contributed by atoms with Gasteiger partial charge in [-0.25, -0.2) is 0 Å². The molecule has 1 aromatic heterocycles. The monoisotopic (exact) mass is 182 g/mol. The summed E-state index contributed by atoms with van der Waals surface area (Å²) in [5, 5.41) is 9.65. The van der Waals surface area contributed by atoms with Crippen molar-refractivity contribution < 1.29 is 0 Å². The van der Waals surface area contributed by atoms with E-state index >= 15 is 0 Å². The van der Waals surface area contributed by atoms with Gasteiger partial charge in [0, 0.05) is 35.6 Å². The standard InChI is InChI=1S/C4H9N5S.Na/c1-3(2)6-9-4(10)5-7-8-9;/h3,6H,1-2H3,(H,5,8,10);. The third-order valence-corrected chi connectivity index (χ3v) is 1.12. The predicted molar refractivity (Wildman–Crippen MR) is 45.5 cm³/mol. The SMILES string of the molecule is CC(C)Nn1[nH]nnc1=S.[Na]. The van der Waals surface area contributed by atoms with Gasteiger partial charge >= 0.3 is 0 Å². The Labute approximate surface area is 91.8 Å². The van der Waals surface area contributed by atoms with E-state index in [1.807, 2.05) is 13.8 Å². The van der Waals surface area contributed by atoms with E-state index in [4.69, 9.17) is 12.2 Å². The third-order valence-electron chi connectivity index (χ3n) is 0.859. The molecule has 7 heteroatoms. The van der Waals surface area contributed by atoms with E-state index in [0.717, 1.165) is 0 Å². The molecule has 2 N–H and O–H groups in total. The van der Waals surface area contributed by atoms with E-state index in [1.54, 1.807) is 0 Å². The van der Waals surface area contributed by atoms with Crippen LogP contribution in [0.5, 0.6) is 0 Å². The zero-order valence-electron chi connectivity index (χ0n) is 6.83. The molecule has 5 nitrogen and oxygen atoms in total. The number of hydrogen-bond acceptors (Lipinski definition) is 4. The molecule has 0 aromatic carbocycles. The Morgan fingerprint density at radius 3 is 2.64 bits per heavy atom. The van der Waals surface area contributed by atoms with Crippen LogP contribution in [0, 0.1) is 4.77 Å². The molecule has 0 aliphatic rings. The summed E-state index contributed by atoms with van der Waals surface area (Å²) >= 11 is 4.80. The number of tetrazole rings is 1. The molecule has 0 atom stereocenters. The summed E-state index contributed by atoms with van der Waals surface area (Å²) < 4.78 is 0.411. The van der Waals surface area contributed by atoms with Crippen LogP contribution in [-0.2, 0) is 0 Å². The first-order valence-corrected chi connectivity index (χ1v) is 3.37. The molecule has 0 fully saturated rings. The van der Waals surface area contributed by atoms with Gasteiger partial charge in [-0.1, -0.05) is 5.10 Å². The number of nitrogens with one attached hydrogen (secondary N) is 2. The molecule has 0 aliphatic carbocycles. The van der Waals surface area contributed by atoms with Crippen molar-refractivity contribution in [2.45, 2.75) is 19.9 Å². The van der Waals surface area contributed by atoms with Crippen molar-refractivity contribution >= 4 is 41.8 Å². The van der Waals surface area contributed by atoms with Crippen molar-refractivity contribution in [3.05, 3.63) is 4.77 Å². The second-order valence-corrected chi connectivity index (χ2v) is 2.57. The summed E-state index contributed by atoms with van der Waals surface area (Å²) in [6.07, 6.45) is 0. The van der Waals surface area contributed by atoms with Crippen LogP contribution in [-0.4, -0.2) is 55.9 Å². The number of rotatable bonds is 2. The van der Waals surface area contributed by atoms with Gasteiger partial charge in [0.25, 0.3) is 4.77 Å². The zero-order valence-corrected chi connectivity index (χ0v) is 9.64. The molecule has 1 heterocycles. The van der Waals surface area contributed by atoms with Crippen molar-refractivity contribution in [3.63, 3.8) is 0 Å². The molecule has 0 unspecified atom stereocenters. The van der Waals surface area contributed by atoms with E-state index in [2.05, 4.69) is 21.0 Å². The van der Waals surface area contributed by atoms with Crippen LogP contribution in [0.3, 0.4) is 0 Å². The topological polar surface area (TPSA) is 58.5 Å². The van der Waals surface area contributed by atoms with E-state index in [-0.39, 0.29) is 29.6 Å². The molecule has 1 aromatic rings. The minimum absolute atomic E-state index is 0. The number of nitrogens with zero attached hydrogens (tertiary/aromatic N) is 3. The van der Waals surface area contributed by atoms with Crippen molar-refractivity contribution in [1.29, 1.82) is 0 Å². The van der Waals surface area contributed by atoms with Gasteiger partial charge < -0.3 is 5.43 Å². The van der Waals surface area contributed by atoms with Crippen LogP contribution in [0.25, 0.3) is 0 Å². The molecule has 11 heavy (non-hydrogen) atoms. The van der Waals surface area contributed by atoms with Gasteiger partial charge in [-0.15, -0.1) is 0 Å². The van der Waals surface area contributed by atoms with Crippen LogP contribution in [0.4, 0.5) is 0 Å². The van der Waals surface area contributed by atoms with Crippen molar-refractivity contribution in [3.8, 4) is 0 Å². The second kappa shape index (κ2) is 4.87. The molecule has 0 amide bonds. The summed E-state index contributed by atoms with van der Waals surface area (Å²) in [6.45, 7) is 4.01. The minimum Gasteiger partial charge on any atom is -0.305 e. The molecular weight excluding hydrogens is 173 g/mol. The maximum absolute atomic E-state index is 4.80. The van der Waals surface area contributed by atoms with Gasteiger partial charge in [-0.2, -0.15) is 10.0 Å². The molecular formula is C4H9N5NaS. The Morgan fingerprint density at radius 1 is 1.64 bits per heavy atom. The molecule has 0 spiro atoms. The largest absolute Gasteiger partial charge is 0.305 e. The normalized spacial score (nSPS) is 9.36. The van der Waals surface area contributed by atoms with E-state index in [0.29, 0.717) is 10.8 Å². The fraction of sp³-hybridized carbons (Fsp3) is 0.750. The predicted octanol–water partition coefficient (Wildman–Crippen LogP) is -0.0932. The maximum Gasteiger partial charge on any atom is 0.258 e. The Hall–Kier alpha value is 0.0900. The van der Waals surface area contributed by atoms with Crippen LogP contribution < -0.4 is 5.43 Å². The second-order valence-electron chi connectivity index (χ2n) is 2.20. The first-order chi connectivity index (χ1) is 4.70. The average molecular weight is 182 g/mol. The number of H-pyrrole nitrogens is 1. The van der Waals surface area contributed by atoms with Crippen molar-refractivity contribution in [2.24, 2.45) is 0 Å². The fourth-order valence-electron chi connectivity index (χ4n) is 0.540. The number of hydrogen-bond donors (Lipinski definition) is 2. The smallest absolute Gasteiger partial charge is 0.258 e. The number of aromatic amines is 1. The van der Waals surface area contributed by atoms with Crippen LogP contribution in [0.2, 0.25) is 0 Å². The van der Waals surface area contributed by atoms with Gasteiger partial charge in [-0.05, 0) is 31.3 Å². The Balaban J connectivity index is 0.000001000. The molecule has 0 saturated carbocycles. The first-order valence-electron chi connectivity index (χ1n) is 2.97. The fourth-order valence-corrected chi connectivity index (χ4v) is 0.674. The van der Waals surface area contributed by atoms with Crippen molar-refractivity contribution in [2.75, 3.05) is 5.43 Å². The Morgan fingerprint density at radius 2 is 2.27 bits per heavy atom. The summed E-state index contributed by atoms with van der Waals surface area (Å²) in [4.78, 5) is 1.50. The Bertz CT molecular complexity index is 253. The van der Waals surface area contributed by atoms with Gasteiger partial charge in [0.15, 0.2) is 0 Å². The zero-order chi connectivity index (χ0) is 7.56. The summed E-state index contributed by atoms with van der Waals surface area (Å²) in [5.74, 6) is 0.